The van der Waals surface area contributed by atoms with Crippen molar-refractivity contribution < 1.29 is 23.1 Å². The summed E-state index contributed by atoms with van der Waals surface area (Å²) in [6.45, 7) is 1.71. The average Bonchev–Trinajstić information content (AvgIpc) is 2.28. The van der Waals surface area contributed by atoms with Crippen molar-refractivity contribution in [1.29, 1.82) is 0 Å². The lowest BCUT2D eigenvalue weighted by atomic mass is 10.2. The Hall–Kier alpha value is -1.35. The van der Waals surface area contributed by atoms with Crippen molar-refractivity contribution in [3.63, 3.8) is 0 Å². The van der Waals surface area contributed by atoms with Crippen LogP contribution in [0.1, 0.15) is 19.8 Å². The quantitative estimate of drug-likeness (QED) is 0.458. The van der Waals surface area contributed by atoms with Crippen LogP contribution in [-0.4, -0.2) is 50.9 Å². The number of hydrogen-bond acceptors (Lipinski definition) is 4. The van der Waals surface area contributed by atoms with E-state index in [0.717, 1.165) is 0 Å². The Morgan fingerprint density at radius 1 is 1.33 bits per heavy atom. The molecule has 106 valence electrons. The number of aliphatic carboxylic acids is 1. The van der Waals surface area contributed by atoms with Crippen molar-refractivity contribution >= 4 is 22.0 Å². The van der Waals surface area contributed by atoms with Crippen LogP contribution < -0.4 is 15.4 Å². The fourth-order valence-corrected chi connectivity index (χ4v) is 1.73. The summed E-state index contributed by atoms with van der Waals surface area (Å²) in [7, 11) is -2.10. The summed E-state index contributed by atoms with van der Waals surface area (Å²) in [4.78, 5) is 22.1. The minimum absolute atomic E-state index is 0.0898. The lowest BCUT2D eigenvalue weighted by molar-refractivity contribution is -0.139. The average molecular weight is 281 g/mol. The van der Waals surface area contributed by atoms with Gasteiger partial charge < -0.3 is 15.7 Å². The number of hydrogen-bond donors (Lipinski definition) is 4. The van der Waals surface area contributed by atoms with Crippen LogP contribution in [0.15, 0.2) is 0 Å². The van der Waals surface area contributed by atoms with Gasteiger partial charge in [0.25, 0.3) is 0 Å². The van der Waals surface area contributed by atoms with Crippen LogP contribution in [0.5, 0.6) is 0 Å². The molecule has 1 atom stereocenters. The van der Waals surface area contributed by atoms with Crippen LogP contribution in [0.3, 0.4) is 0 Å². The minimum Gasteiger partial charge on any atom is -0.480 e. The molecule has 0 rings (SSSR count). The van der Waals surface area contributed by atoms with Gasteiger partial charge in [0.15, 0.2) is 0 Å². The summed E-state index contributed by atoms with van der Waals surface area (Å²) in [6.07, 6.45) is 0.933. The van der Waals surface area contributed by atoms with Gasteiger partial charge in [0.2, 0.25) is 10.0 Å². The van der Waals surface area contributed by atoms with E-state index in [2.05, 4.69) is 15.4 Å². The summed E-state index contributed by atoms with van der Waals surface area (Å²) in [6, 6.07) is -1.65. The highest BCUT2D eigenvalue weighted by molar-refractivity contribution is 7.89. The number of carboxylic acid groups (broad SMARTS) is 1. The van der Waals surface area contributed by atoms with Crippen LogP contribution in [0.25, 0.3) is 0 Å². The first-order valence-electron chi connectivity index (χ1n) is 5.50. The van der Waals surface area contributed by atoms with Gasteiger partial charge in [0.1, 0.15) is 6.04 Å². The number of nitrogens with one attached hydrogen (secondary N) is 3. The maximum Gasteiger partial charge on any atom is 0.326 e. The number of amides is 2. The number of urea groups is 1. The van der Waals surface area contributed by atoms with Crippen molar-refractivity contribution in [3.8, 4) is 0 Å². The first-order chi connectivity index (χ1) is 8.32. The number of carboxylic acids is 1. The van der Waals surface area contributed by atoms with E-state index in [9.17, 15) is 18.0 Å². The molecular weight excluding hydrogens is 262 g/mol. The maximum absolute atomic E-state index is 11.3. The van der Waals surface area contributed by atoms with Crippen molar-refractivity contribution in [3.05, 3.63) is 0 Å². The zero-order valence-corrected chi connectivity index (χ0v) is 11.2. The van der Waals surface area contributed by atoms with E-state index in [1.807, 2.05) is 0 Å². The Kier molecular flexibility index (Phi) is 7.29. The number of rotatable bonds is 8. The number of carbonyl (C=O) groups is 2. The van der Waals surface area contributed by atoms with Crippen LogP contribution >= 0.6 is 0 Å². The van der Waals surface area contributed by atoms with Gasteiger partial charge in [0, 0.05) is 6.54 Å². The van der Waals surface area contributed by atoms with Crippen molar-refractivity contribution in [1.82, 2.24) is 15.4 Å². The lowest BCUT2D eigenvalue weighted by Gasteiger charge is -2.14. The highest BCUT2D eigenvalue weighted by Gasteiger charge is 2.18. The van der Waals surface area contributed by atoms with E-state index in [1.54, 1.807) is 6.92 Å². The third-order valence-corrected chi connectivity index (χ3v) is 3.51. The van der Waals surface area contributed by atoms with Gasteiger partial charge in [-0.3, -0.25) is 0 Å². The molecule has 0 heterocycles. The van der Waals surface area contributed by atoms with Gasteiger partial charge in [-0.2, -0.15) is 0 Å². The minimum atomic E-state index is -3.38. The number of carbonyl (C=O) groups excluding carboxylic acids is 1. The largest absolute Gasteiger partial charge is 0.480 e. The molecule has 1 unspecified atom stereocenters. The van der Waals surface area contributed by atoms with Crippen molar-refractivity contribution in [2.75, 3.05) is 19.3 Å². The van der Waals surface area contributed by atoms with E-state index < -0.39 is 28.1 Å². The molecule has 0 aromatic heterocycles. The fourth-order valence-electron chi connectivity index (χ4n) is 1.16. The topological polar surface area (TPSA) is 125 Å². The molecule has 9 heteroatoms. The smallest absolute Gasteiger partial charge is 0.326 e. The van der Waals surface area contributed by atoms with Crippen molar-refractivity contribution in [2.24, 2.45) is 0 Å². The Morgan fingerprint density at radius 3 is 2.39 bits per heavy atom. The highest BCUT2D eigenvalue weighted by atomic mass is 32.2. The van der Waals surface area contributed by atoms with Gasteiger partial charge in [-0.15, -0.1) is 0 Å². The van der Waals surface area contributed by atoms with Crippen LogP contribution in [0.2, 0.25) is 0 Å². The molecule has 0 aliphatic carbocycles. The second kappa shape index (κ2) is 7.88. The van der Waals surface area contributed by atoms with Gasteiger partial charge >= 0.3 is 12.0 Å². The molecule has 0 aromatic rings. The van der Waals surface area contributed by atoms with Gasteiger partial charge in [-0.05, 0) is 13.5 Å². The van der Waals surface area contributed by atoms with Gasteiger partial charge in [0.05, 0.1) is 5.75 Å². The fraction of sp³-hybridized carbons (Fsp3) is 0.778. The zero-order chi connectivity index (χ0) is 14.2. The zero-order valence-electron chi connectivity index (χ0n) is 10.4. The molecule has 0 bridgehead atoms. The SMILES string of the molecule is CCCC(NC(=O)NCCS(=O)(=O)NC)C(=O)O. The normalized spacial score (nSPS) is 12.8. The Balaban J connectivity index is 4.07. The molecule has 0 saturated heterocycles. The third-order valence-electron chi connectivity index (χ3n) is 2.15. The summed E-state index contributed by atoms with van der Waals surface area (Å²) < 4.78 is 24.2. The predicted molar refractivity (Wildman–Crippen MR) is 65.7 cm³/mol. The van der Waals surface area contributed by atoms with E-state index in [4.69, 9.17) is 5.11 Å². The summed E-state index contributed by atoms with van der Waals surface area (Å²) in [5.74, 6) is -1.38. The molecule has 0 spiro atoms. The maximum atomic E-state index is 11.3. The molecule has 0 aromatic carbocycles. The molecule has 0 fully saturated rings. The summed E-state index contributed by atoms with van der Waals surface area (Å²) in [5, 5.41) is 13.3. The van der Waals surface area contributed by atoms with E-state index in [1.165, 1.54) is 7.05 Å². The standard InChI is InChI=1S/C9H19N3O5S/c1-3-4-7(8(13)14)12-9(15)11-5-6-18(16,17)10-2/h7,10H,3-6H2,1-2H3,(H,13,14)(H2,11,12,15). The van der Waals surface area contributed by atoms with E-state index in [0.29, 0.717) is 12.8 Å². The molecule has 2 amide bonds. The molecule has 0 saturated carbocycles. The Labute approximate surface area is 106 Å². The second-order valence-electron chi connectivity index (χ2n) is 3.60. The molecular formula is C9H19N3O5S. The van der Waals surface area contributed by atoms with Crippen LogP contribution in [0, 0.1) is 0 Å². The predicted octanol–water partition coefficient (Wildman–Crippen LogP) is -0.912. The third kappa shape index (κ3) is 7.07. The molecule has 0 aliphatic heterocycles. The van der Waals surface area contributed by atoms with Gasteiger partial charge in [-0.25, -0.2) is 22.7 Å². The lowest BCUT2D eigenvalue weighted by Crippen LogP contribution is -2.47. The first kappa shape index (κ1) is 16.6. The highest BCUT2D eigenvalue weighted by Crippen LogP contribution is 1.96. The first-order valence-corrected chi connectivity index (χ1v) is 7.16. The Bertz CT molecular complexity index is 382. The monoisotopic (exact) mass is 281 g/mol. The van der Waals surface area contributed by atoms with Crippen molar-refractivity contribution in [2.45, 2.75) is 25.8 Å². The second-order valence-corrected chi connectivity index (χ2v) is 5.65. The van der Waals surface area contributed by atoms with Crippen LogP contribution in [0.4, 0.5) is 4.79 Å². The molecule has 8 nitrogen and oxygen atoms in total. The van der Waals surface area contributed by atoms with E-state index in [-0.39, 0.29) is 12.3 Å². The van der Waals surface area contributed by atoms with Gasteiger partial charge in [-0.1, -0.05) is 13.3 Å². The number of sulfonamides is 1. The molecule has 0 radical (unpaired) electrons. The summed E-state index contributed by atoms with van der Waals surface area (Å²) in [5.41, 5.74) is 0. The summed E-state index contributed by atoms with van der Waals surface area (Å²) >= 11 is 0. The molecule has 4 N–H and O–H groups in total. The molecule has 0 aliphatic rings. The van der Waals surface area contributed by atoms with E-state index >= 15 is 0 Å². The molecule has 18 heavy (non-hydrogen) atoms. The van der Waals surface area contributed by atoms with Crippen LogP contribution in [-0.2, 0) is 14.8 Å². The Morgan fingerprint density at radius 2 is 1.94 bits per heavy atom.